The number of hydrogen-bond donors (Lipinski definition) is 2. The third-order valence-electron chi connectivity index (χ3n) is 5.81. The Bertz CT molecular complexity index is 1170. The van der Waals surface area contributed by atoms with Gasteiger partial charge in [-0.2, -0.15) is 5.10 Å². The van der Waals surface area contributed by atoms with Gasteiger partial charge in [-0.15, -0.1) is 11.3 Å². The Kier molecular flexibility index (Phi) is 5.04. The van der Waals surface area contributed by atoms with E-state index in [1.807, 2.05) is 16.7 Å². The Morgan fingerprint density at radius 1 is 1.23 bits per heavy atom. The Balaban J connectivity index is 1.57. The van der Waals surface area contributed by atoms with E-state index in [9.17, 15) is 0 Å². The van der Waals surface area contributed by atoms with Crippen molar-refractivity contribution in [2.75, 3.05) is 20.2 Å². The summed E-state index contributed by atoms with van der Waals surface area (Å²) < 4.78 is 7.55. The smallest absolute Gasteiger partial charge is 0.179 e. The SMILES string of the molecule is COc1cc(-c2n[nH]c(-c3ncc(C4CCNCC4)s3)c2C(C)C)cn2ccnc12. The first-order chi connectivity index (χ1) is 14.7. The van der Waals surface area contributed by atoms with Gasteiger partial charge < -0.3 is 14.5 Å². The Morgan fingerprint density at radius 2 is 2.07 bits per heavy atom. The van der Waals surface area contributed by atoms with Gasteiger partial charge in [0.15, 0.2) is 11.4 Å². The summed E-state index contributed by atoms with van der Waals surface area (Å²) in [4.78, 5) is 10.5. The summed E-state index contributed by atoms with van der Waals surface area (Å²) in [6, 6.07) is 2.01. The molecule has 7 nitrogen and oxygen atoms in total. The van der Waals surface area contributed by atoms with Crippen molar-refractivity contribution in [3.8, 4) is 27.7 Å². The van der Waals surface area contributed by atoms with Crippen LogP contribution in [0.4, 0.5) is 0 Å². The molecule has 0 atom stereocenters. The number of aromatic amines is 1. The number of nitrogens with zero attached hydrogens (tertiary/aromatic N) is 4. The quantitative estimate of drug-likeness (QED) is 0.497. The molecule has 5 rings (SSSR count). The summed E-state index contributed by atoms with van der Waals surface area (Å²) in [5.41, 5.74) is 4.94. The summed E-state index contributed by atoms with van der Waals surface area (Å²) in [6.45, 7) is 6.57. The number of fused-ring (bicyclic) bond motifs is 1. The molecular weight excluding hydrogens is 396 g/mol. The molecule has 1 fully saturated rings. The summed E-state index contributed by atoms with van der Waals surface area (Å²) in [7, 11) is 1.67. The molecule has 30 heavy (non-hydrogen) atoms. The number of piperidine rings is 1. The fourth-order valence-electron chi connectivity index (χ4n) is 4.27. The van der Waals surface area contributed by atoms with Crippen molar-refractivity contribution < 1.29 is 4.74 Å². The van der Waals surface area contributed by atoms with E-state index < -0.39 is 0 Å². The van der Waals surface area contributed by atoms with E-state index in [2.05, 4.69) is 41.6 Å². The minimum absolute atomic E-state index is 0.296. The molecule has 5 heterocycles. The number of methoxy groups -OCH3 is 1. The standard InChI is InChI=1S/C22H26N6OS/c1-13(2)18-19(15-10-16(29-3)21-24-8-9-28(21)12-15)26-27-20(18)22-25-11-17(30-22)14-4-6-23-7-5-14/h8-14,23H,4-7H2,1-3H3,(H,26,27). The zero-order valence-electron chi connectivity index (χ0n) is 17.5. The van der Waals surface area contributed by atoms with Crippen LogP contribution in [0.25, 0.3) is 27.6 Å². The van der Waals surface area contributed by atoms with Crippen LogP contribution in [0.1, 0.15) is 49.0 Å². The second-order valence-corrected chi connectivity index (χ2v) is 9.13. The van der Waals surface area contributed by atoms with Crippen LogP contribution < -0.4 is 10.1 Å². The highest BCUT2D eigenvalue weighted by Crippen LogP contribution is 2.40. The molecule has 0 radical (unpaired) electrons. The molecular formula is C22H26N6OS. The number of H-pyrrole nitrogens is 1. The molecule has 8 heteroatoms. The lowest BCUT2D eigenvalue weighted by Gasteiger charge is -2.20. The molecule has 156 valence electrons. The highest BCUT2D eigenvalue weighted by molar-refractivity contribution is 7.15. The number of nitrogens with one attached hydrogen (secondary N) is 2. The number of imidazole rings is 1. The van der Waals surface area contributed by atoms with Crippen LogP contribution >= 0.6 is 11.3 Å². The molecule has 1 aliphatic heterocycles. The lowest BCUT2D eigenvalue weighted by Crippen LogP contribution is -2.26. The second kappa shape index (κ2) is 7.85. The number of rotatable bonds is 5. The van der Waals surface area contributed by atoms with E-state index in [0.717, 1.165) is 46.4 Å². The van der Waals surface area contributed by atoms with Gasteiger partial charge in [-0.3, -0.25) is 5.10 Å². The van der Waals surface area contributed by atoms with E-state index in [4.69, 9.17) is 14.8 Å². The molecule has 4 aromatic rings. The van der Waals surface area contributed by atoms with Crippen LogP contribution in [-0.4, -0.2) is 44.8 Å². The number of thiazole rings is 1. The van der Waals surface area contributed by atoms with Crippen molar-refractivity contribution >= 4 is 17.0 Å². The van der Waals surface area contributed by atoms with E-state index >= 15 is 0 Å². The van der Waals surface area contributed by atoms with Crippen molar-refractivity contribution in [3.63, 3.8) is 0 Å². The minimum Gasteiger partial charge on any atom is -0.493 e. The van der Waals surface area contributed by atoms with Crippen LogP contribution in [0, 0.1) is 0 Å². The van der Waals surface area contributed by atoms with Crippen molar-refractivity contribution in [1.29, 1.82) is 0 Å². The Morgan fingerprint density at radius 3 is 2.83 bits per heavy atom. The normalized spacial score (nSPS) is 15.3. The zero-order chi connectivity index (χ0) is 20.7. The fraction of sp³-hybridized carbons (Fsp3) is 0.409. The van der Waals surface area contributed by atoms with Crippen molar-refractivity contribution in [1.82, 2.24) is 29.9 Å². The molecule has 0 bridgehead atoms. The van der Waals surface area contributed by atoms with E-state index in [1.165, 1.54) is 23.3 Å². The third-order valence-corrected chi connectivity index (χ3v) is 6.98. The largest absolute Gasteiger partial charge is 0.493 e. The molecule has 4 aromatic heterocycles. The van der Waals surface area contributed by atoms with Gasteiger partial charge in [0.1, 0.15) is 5.01 Å². The number of pyridine rings is 1. The number of ether oxygens (including phenoxy) is 1. The predicted molar refractivity (Wildman–Crippen MR) is 119 cm³/mol. The molecule has 0 spiro atoms. The van der Waals surface area contributed by atoms with Gasteiger partial charge in [-0.05, 0) is 43.8 Å². The van der Waals surface area contributed by atoms with Crippen LogP contribution in [0.2, 0.25) is 0 Å². The van der Waals surface area contributed by atoms with Gasteiger partial charge in [-0.1, -0.05) is 13.8 Å². The third kappa shape index (κ3) is 3.30. The van der Waals surface area contributed by atoms with Gasteiger partial charge in [0.05, 0.1) is 18.5 Å². The van der Waals surface area contributed by atoms with Crippen LogP contribution in [0.3, 0.4) is 0 Å². The van der Waals surface area contributed by atoms with E-state index in [1.54, 1.807) is 24.6 Å². The average Bonchev–Trinajstić information content (AvgIpc) is 3.51. The minimum atomic E-state index is 0.296. The lowest BCUT2D eigenvalue weighted by molar-refractivity contribution is 0.417. The van der Waals surface area contributed by atoms with Gasteiger partial charge in [0.2, 0.25) is 0 Å². The molecule has 0 aromatic carbocycles. The van der Waals surface area contributed by atoms with Crippen LogP contribution in [0.5, 0.6) is 5.75 Å². The number of hydrogen-bond acceptors (Lipinski definition) is 6. The highest BCUT2D eigenvalue weighted by Gasteiger charge is 2.24. The number of aromatic nitrogens is 5. The molecule has 1 saturated heterocycles. The fourth-order valence-corrected chi connectivity index (χ4v) is 5.37. The summed E-state index contributed by atoms with van der Waals surface area (Å²) in [6.07, 6.45) is 10.2. The van der Waals surface area contributed by atoms with Crippen molar-refractivity contribution in [3.05, 3.63) is 41.3 Å². The van der Waals surface area contributed by atoms with Crippen LogP contribution in [0.15, 0.2) is 30.9 Å². The van der Waals surface area contributed by atoms with Gasteiger partial charge in [0, 0.05) is 40.8 Å². The van der Waals surface area contributed by atoms with Crippen molar-refractivity contribution in [2.24, 2.45) is 0 Å². The van der Waals surface area contributed by atoms with Crippen LogP contribution in [-0.2, 0) is 0 Å². The van der Waals surface area contributed by atoms with Crippen molar-refractivity contribution in [2.45, 2.75) is 38.5 Å². The maximum atomic E-state index is 5.57. The molecule has 2 N–H and O–H groups in total. The maximum Gasteiger partial charge on any atom is 0.179 e. The molecule has 0 aliphatic carbocycles. The first-order valence-corrected chi connectivity index (χ1v) is 11.2. The first-order valence-electron chi connectivity index (χ1n) is 10.4. The summed E-state index contributed by atoms with van der Waals surface area (Å²) in [5.74, 6) is 1.64. The molecule has 1 aliphatic rings. The van der Waals surface area contributed by atoms with Gasteiger partial charge in [-0.25, -0.2) is 9.97 Å². The average molecular weight is 423 g/mol. The van der Waals surface area contributed by atoms with E-state index in [-0.39, 0.29) is 0 Å². The maximum absolute atomic E-state index is 5.57. The van der Waals surface area contributed by atoms with Gasteiger partial charge in [0.25, 0.3) is 0 Å². The predicted octanol–water partition coefficient (Wildman–Crippen LogP) is 4.45. The van der Waals surface area contributed by atoms with E-state index in [0.29, 0.717) is 11.8 Å². The summed E-state index contributed by atoms with van der Waals surface area (Å²) in [5, 5.41) is 12.5. The Labute approximate surface area is 179 Å². The highest BCUT2D eigenvalue weighted by atomic mass is 32.1. The molecule has 0 unspecified atom stereocenters. The Hall–Kier alpha value is -2.71. The molecule has 0 amide bonds. The topological polar surface area (TPSA) is 80.1 Å². The lowest BCUT2D eigenvalue weighted by atomic mass is 9.97. The monoisotopic (exact) mass is 422 g/mol. The van der Waals surface area contributed by atoms with Gasteiger partial charge >= 0.3 is 0 Å². The molecule has 0 saturated carbocycles. The first kappa shape index (κ1) is 19.3. The zero-order valence-corrected chi connectivity index (χ0v) is 18.3. The second-order valence-electron chi connectivity index (χ2n) is 8.06. The summed E-state index contributed by atoms with van der Waals surface area (Å²) >= 11 is 1.79.